The lowest BCUT2D eigenvalue weighted by Gasteiger charge is -2.38. The van der Waals surface area contributed by atoms with Crippen molar-refractivity contribution in [3.8, 4) is 0 Å². The van der Waals surface area contributed by atoms with Gasteiger partial charge in [-0.05, 0) is 65.1 Å². The van der Waals surface area contributed by atoms with Gasteiger partial charge < -0.3 is 10.2 Å². The summed E-state index contributed by atoms with van der Waals surface area (Å²) in [6.07, 6.45) is 0. The highest BCUT2D eigenvalue weighted by molar-refractivity contribution is 14.1. The zero-order valence-electron chi connectivity index (χ0n) is 11.7. The highest BCUT2D eigenvalue weighted by Crippen LogP contribution is 2.23. The van der Waals surface area contributed by atoms with Crippen molar-refractivity contribution in [1.29, 1.82) is 0 Å². The molecule has 3 rings (SSSR count). The Bertz CT molecular complexity index is 780. The molecule has 23 heavy (non-hydrogen) atoms. The summed E-state index contributed by atoms with van der Waals surface area (Å²) in [4.78, 5) is 25.7. The van der Waals surface area contributed by atoms with Gasteiger partial charge in [0, 0.05) is 9.26 Å². The molecular formula is C16H11F2IN2O2. The molecule has 2 aromatic rings. The fourth-order valence-electron chi connectivity index (χ4n) is 2.30. The number of nitrogens with one attached hydrogen (secondary N) is 1. The SMILES string of the molecule is O=C(NC1CN(c2ccc(F)cc2)C1=O)c1ccc(F)cc1I. The van der Waals surface area contributed by atoms with Crippen LogP contribution in [0.15, 0.2) is 42.5 Å². The van der Waals surface area contributed by atoms with Crippen molar-refractivity contribution in [3.05, 3.63) is 63.2 Å². The summed E-state index contributed by atoms with van der Waals surface area (Å²) in [7, 11) is 0. The number of halogens is 3. The van der Waals surface area contributed by atoms with E-state index in [1.54, 1.807) is 0 Å². The molecule has 1 heterocycles. The molecule has 7 heteroatoms. The molecule has 4 nitrogen and oxygen atoms in total. The van der Waals surface area contributed by atoms with E-state index in [0.717, 1.165) is 0 Å². The van der Waals surface area contributed by atoms with Gasteiger partial charge in [-0.25, -0.2) is 8.78 Å². The van der Waals surface area contributed by atoms with Crippen molar-refractivity contribution in [2.45, 2.75) is 6.04 Å². The van der Waals surface area contributed by atoms with Crippen molar-refractivity contribution in [3.63, 3.8) is 0 Å². The van der Waals surface area contributed by atoms with E-state index < -0.39 is 17.8 Å². The Hall–Kier alpha value is -2.03. The number of benzene rings is 2. The topological polar surface area (TPSA) is 49.4 Å². The molecule has 0 saturated carbocycles. The lowest BCUT2D eigenvalue weighted by Crippen LogP contribution is -2.64. The van der Waals surface area contributed by atoms with Crippen molar-refractivity contribution in [2.75, 3.05) is 11.4 Å². The molecule has 1 unspecified atom stereocenters. The zero-order valence-corrected chi connectivity index (χ0v) is 13.9. The second-order valence-corrected chi connectivity index (χ2v) is 6.24. The van der Waals surface area contributed by atoms with E-state index in [4.69, 9.17) is 0 Å². The maximum atomic E-state index is 13.1. The molecule has 2 aromatic carbocycles. The van der Waals surface area contributed by atoms with Crippen LogP contribution in [-0.2, 0) is 4.79 Å². The molecule has 1 aliphatic rings. The average Bonchev–Trinajstić information content (AvgIpc) is 2.51. The van der Waals surface area contributed by atoms with Crippen molar-refractivity contribution < 1.29 is 18.4 Å². The van der Waals surface area contributed by atoms with Gasteiger partial charge in [0.2, 0.25) is 0 Å². The summed E-state index contributed by atoms with van der Waals surface area (Å²) in [6, 6.07) is 8.77. The minimum absolute atomic E-state index is 0.262. The summed E-state index contributed by atoms with van der Waals surface area (Å²) in [5.74, 6) is -1.49. The summed E-state index contributed by atoms with van der Waals surface area (Å²) in [5.41, 5.74) is 0.901. The third kappa shape index (κ3) is 3.19. The van der Waals surface area contributed by atoms with Crippen LogP contribution in [0.1, 0.15) is 10.4 Å². The largest absolute Gasteiger partial charge is 0.339 e. The average molecular weight is 428 g/mol. The highest BCUT2D eigenvalue weighted by atomic mass is 127. The molecule has 118 valence electrons. The molecule has 2 amide bonds. The van der Waals surface area contributed by atoms with E-state index in [2.05, 4.69) is 5.32 Å². The summed E-state index contributed by atoms with van der Waals surface area (Å²) < 4.78 is 26.4. The summed E-state index contributed by atoms with van der Waals surface area (Å²) in [5, 5.41) is 2.62. The van der Waals surface area contributed by atoms with Crippen LogP contribution in [0.3, 0.4) is 0 Å². The van der Waals surface area contributed by atoms with E-state index in [1.807, 2.05) is 22.6 Å². The monoisotopic (exact) mass is 428 g/mol. The molecule has 1 aliphatic heterocycles. The predicted octanol–water partition coefficient (Wildman–Crippen LogP) is 2.71. The molecule has 1 fully saturated rings. The smallest absolute Gasteiger partial charge is 0.253 e. The number of β-lactam (4-membered cyclic amide) rings is 1. The number of carbonyl (C=O) groups is 2. The lowest BCUT2D eigenvalue weighted by atomic mass is 10.1. The van der Waals surface area contributed by atoms with E-state index in [-0.39, 0.29) is 11.7 Å². The maximum absolute atomic E-state index is 13.1. The number of amides is 2. The van der Waals surface area contributed by atoms with E-state index in [0.29, 0.717) is 21.4 Å². The van der Waals surface area contributed by atoms with Gasteiger partial charge in [0.25, 0.3) is 11.8 Å². The Kier molecular flexibility index (Phi) is 4.29. The van der Waals surface area contributed by atoms with Crippen LogP contribution >= 0.6 is 22.6 Å². The first-order valence-electron chi connectivity index (χ1n) is 6.78. The normalized spacial score (nSPS) is 16.9. The quantitative estimate of drug-likeness (QED) is 0.604. The number of hydrogen-bond donors (Lipinski definition) is 1. The van der Waals surface area contributed by atoms with Crippen LogP contribution in [0.5, 0.6) is 0 Å². The van der Waals surface area contributed by atoms with Crippen LogP contribution in [-0.4, -0.2) is 24.4 Å². The van der Waals surface area contributed by atoms with Crippen LogP contribution < -0.4 is 10.2 Å². The number of anilines is 1. The molecule has 0 aliphatic carbocycles. The van der Waals surface area contributed by atoms with Gasteiger partial charge in [-0.2, -0.15) is 0 Å². The van der Waals surface area contributed by atoms with Crippen molar-refractivity contribution >= 4 is 40.1 Å². The number of carbonyl (C=O) groups excluding carboxylic acids is 2. The molecule has 0 spiro atoms. The van der Waals surface area contributed by atoms with Crippen molar-refractivity contribution in [1.82, 2.24) is 5.32 Å². The van der Waals surface area contributed by atoms with Crippen LogP contribution in [0.2, 0.25) is 0 Å². The molecule has 1 N–H and O–H groups in total. The Morgan fingerprint density at radius 2 is 1.78 bits per heavy atom. The Morgan fingerprint density at radius 3 is 2.39 bits per heavy atom. The molecule has 0 aromatic heterocycles. The first-order chi connectivity index (χ1) is 11.0. The third-order valence-corrected chi connectivity index (χ3v) is 4.44. The Morgan fingerprint density at radius 1 is 1.13 bits per heavy atom. The van der Waals surface area contributed by atoms with Gasteiger partial charge in [0.15, 0.2) is 0 Å². The molecule has 0 bridgehead atoms. The van der Waals surface area contributed by atoms with Crippen molar-refractivity contribution in [2.24, 2.45) is 0 Å². The first-order valence-corrected chi connectivity index (χ1v) is 7.86. The van der Waals surface area contributed by atoms with Gasteiger partial charge in [-0.1, -0.05) is 0 Å². The molecule has 0 radical (unpaired) electrons. The fourth-order valence-corrected chi connectivity index (χ4v) is 3.02. The molecule has 1 atom stereocenters. The van der Waals surface area contributed by atoms with Gasteiger partial charge >= 0.3 is 0 Å². The van der Waals surface area contributed by atoms with Gasteiger partial charge in [0.05, 0.1) is 12.1 Å². The second-order valence-electron chi connectivity index (χ2n) is 5.08. The van der Waals surface area contributed by atoms with E-state index in [9.17, 15) is 18.4 Å². The summed E-state index contributed by atoms with van der Waals surface area (Å²) in [6.45, 7) is 0.313. The van der Waals surface area contributed by atoms with Gasteiger partial charge in [0.1, 0.15) is 17.7 Å². The van der Waals surface area contributed by atoms with Crippen LogP contribution in [0.25, 0.3) is 0 Å². The Balaban J connectivity index is 1.65. The van der Waals surface area contributed by atoms with Crippen LogP contribution in [0.4, 0.5) is 14.5 Å². The number of hydrogen-bond acceptors (Lipinski definition) is 2. The third-order valence-electron chi connectivity index (χ3n) is 3.55. The minimum Gasteiger partial charge on any atom is -0.339 e. The Labute approximate surface area is 144 Å². The second kappa shape index (κ2) is 6.23. The first kappa shape index (κ1) is 15.9. The minimum atomic E-state index is -0.631. The zero-order chi connectivity index (χ0) is 16.6. The number of rotatable bonds is 3. The molecule has 1 saturated heterocycles. The van der Waals surface area contributed by atoms with Gasteiger partial charge in [-0.3, -0.25) is 9.59 Å². The van der Waals surface area contributed by atoms with E-state index in [1.165, 1.54) is 47.4 Å². The predicted molar refractivity (Wildman–Crippen MR) is 89.1 cm³/mol. The van der Waals surface area contributed by atoms with Crippen LogP contribution in [0, 0.1) is 15.2 Å². The lowest BCUT2D eigenvalue weighted by molar-refractivity contribution is -0.124. The maximum Gasteiger partial charge on any atom is 0.253 e. The summed E-state index contributed by atoms with van der Waals surface area (Å²) >= 11 is 1.87. The fraction of sp³-hybridized carbons (Fsp3) is 0.125. The van der Waals surface area contributed by atoms with Gasteiger partial charge in [-0.15, -0.1) is 0 Å². The standard InChI is InChI=1S/C16H11F2IN2O2/c17-9-1-4-11(5-2-9)21-8-14(16(21)23)20-15(22)12-6-3-10(18)7-13(12)19/h1-7,14H,8H2,(H,20,22). The number of nitrogens with zero attached hydrogens (tertiary/aromatic N) is 1. The van der Waals surface area contributed by atoms with E-state index >= 15 is 0 Å². The molecular weight excluding hydrogens is 417 g/mol. The highest BCUT2D eigenvalue weighted by Gasteiger charge is 2.38.